The van der Waals surface area contributed by atoms with Crippen molar-refractivity contribution in [3.63, 3.8) is 0 Å². The lowest BCUT2D eigenvalue weighted by Gasteiger charge is -2.18. The van der Waals surface area contributed by atoms with Crippen molar-refractivity contribution in [2.45, 2.75) is 65.9 Å². The minimum absolute atomic E-state index is 0.110. The molecule has 6 nitrogen and oxygen atoms in total. The van der Waals surface area contributed by atoms with Crippen LogP contribution in [0.1, 0.15) is 70.4 Å². The van der Waals surface area contributed by atoms with Crippen molar-refractivity contribution in [1.29, 1.82) is 0 Å². The molecule has 0 atom stereocenters. The van der Waals surface area contributed by atoms with E-state index in [0.717, 1.165) is 23.5 Å². The standard InChI is InChI=1S/C22H28N4O2/c1-7-18-23-17(14(2)3)12-19(24-18)27-13-20-25-21(26-28-20)15-8-10-16(11-9-15)22(4,5)6/h8-12,14H,7,13H2,1-6H3. The molecule has 2 aromatic heterocycles. The van der Waals surface area contributed by atoms with E-state index in [-0.39, 0.29) is 12.0 Å². The molecule has 0 aliphatic carbocycles. The summed E-state index contributed by atoms with van der Waals surface area (Å²) in [6, 6.07) is 10.1. The first-order valence-corrected chi connectivity index (χ1v) is 9.70. The summed E-state index contributed by atoms with van der Waals surface area (Å²) in [4.78, 5) is 13.4. The van der Waals surface area contributed by atoms with Gasteiger partial charge in [0.15, 0.2) is 6.61 Å². The topological polar surface area (TPSA) is 73.9 Å². The number of ether oxygens (including phenoxy) is 1. The first-order chi connectivity index (χ1) is 13.3. The van der Waals surface area contributed by atoms with Gasteiger partial charge in [0.25, 0.3) is 5.89 Å². The van der Waals surface area contributed by atoms with Crippen LogP contribution in [0.15, 0.2) is 34.9 Å². The number of rotatable bonds is 6. The summed E-state index contributed by atoms with van der Waals surface area (Å²) in [7, 11) is 0. The number of aryl methyl sites for hydroxylation is 1. The van der Waals surface area contributed by atoms with Crippen LogP contribution in [0.4, 0.5) is 0 Å². The van der Waals surface area contributed by atoms with Crippen LogP contribution in [0.5, 0.6) is 5.88 Å². The average Bonchev–Trinajstić information content (AvgIpc) is 3.14. The zero-order valence-electron chi connectivity index (χ0n) is 17.5. The number of hydrogen-bond donors (Lipinski definition) is 0. The van der Waals surface area contributed by atoms with Gasteiger partial charge in [0.05, 0.1) is 5.69 Å². The zero-order chi connectivity index (χ0) is 20.3. The fourth-order valence-corrected chi connectivity index (χ4v) is 2.71. The highest BCUT2D eigenvalue weighted by molar-refractivity contribution is 5.55. The van der Waals surface area contributed by atoms with E-state index >= 15 is 0 Å². The molecule has 28 heavy (non-hydrogen) atoms. The molecule has 0 saturated heterocycles. The lowest BCUT2D eigenvalue weighted by molar-refractivity contribution is 0.234. The Hall–Kier alpha value is -2.76. The number of hydrogen-bond acceptors (Lipinski definition) is 6. The third kappa shape index (κ3) is 4.74. The molecule has 0 aliphatic heterocycles. The number of aromatic nitrogens is 4. The summed E-state index contributed by atoms with van der Waals surface area (Å²) in [5, 5.41) is 4.07. The Bertz CT molecular complexity index is 924. The maximum absolute atomic E-state index is 5.79. The van der Waals surface area contributed by atoms with Gasteiger partial charge in [0.1, 0.15) is 5.82 Å². The average molecular weight is 380 g/mol. The van der Waals surface area contributed by atoms with Crippen LogP contribution < -0.4 is 4.74 Å². The molecule has 3 aromatic rings. The predicted octanol–water partition coefficient (Wildman–Crippen LogP) is 5.09. The summed E-state index contributed by atoms with van der Waals surface area (Å²) < 4.78 is 11.1. The van der Waals surface area contributed by atoms with Crippen LogP contribution in [0.2, 0.25) is 0 Å². The molecule has 0 fully saturated rings. The Morgan fingerprint density at radius 3 is 2.36 bits per heavy atom. The maximum Gasteiger partial charge on any atom is 0.264 e. The maximum atomic E-state index is 5.79. The molecule has 0 unspecified atom stereocenters. The van der Waals surface area contributed by atoms with Crippen LogP contribution in [0.25, 0.3) is 11.4 Å². The van der Waals surface area contributed by atoms with Gasteiger partial charge in [-0.2, -0.15) is 9.97 Å². The predicted molar refractivity (Wildman–Crippen MR) is 108 cm³/mol. The Labute approximate surface area is 166 Å². The molecule has 0 bridgehead atoms. The second-order valence-corrected chi connectivity index (χ2v) is 8.18. The van der Waals surface area contributed by atoms with Crippen molar-refractivity contribution < 1.29 is 9.26 Å². The molecule has 148 valence electrons. The van der Waals surface area contributed by atoms with E-state index in [1.165, 1.54) is 5.56 Å². The Kier molecular flexibility index (Phi) is 5.77. The third-order valence-electron chi connectivity index (χ3n) is 4.50. The molecule has 3 rings (SSSR count). The molecule has 0 spiro atoms. The van der Waals surface area contributed by atoms with Gasteiger partial charge in [-0.3, -0.25) is 0 Å². The van der Waals surface area contributed by atoms with Crippen LogP contribution in [-0.4, -0.2) is 20.1 Å². The molecule has 6 heteroatoms. The summed E-state index contributed by atoms with van der Waals surface area (Å²) >= 11 is 0. The minimum Gasteiger partial charge on any atom is -0.467 e. The van der Waals surface area contributed by atoms with Gasteiger partial charge in [0, 0.05) is 18.1 Å². The van der Waals surface area contributed by atoms with Gasteiger partial charge >= 0.3 is 0 Å². The van der Waals surface area contributed by atoms with Crippen molar-refractivity contribution in [2.75, 3.05) is 0 Å². The summed E-state index contributed by atoms with van der Waals surface area (Å²) in [6.45, 7) is 13.0. The van der Waals surface area contributed by atoms with E-state index in [4.69, 9.17) is 9.26 Å². The third-order valence-corrected chi connectivity index (χ3v) is 4.50. The fourth-order valence-electron chi connectivity index (χ4n) is 2.71. The van der Waals surface area contributed by atoms with Crippen molar-refractivity contribution in [3.8, 4) is 17.3 Å². The van der Waals surface area contributed by atoms with E-state index in [1.807, 2.05) is 25.1 Å². The van der Waals surface area contributed by atoms with Gasteiger partial charge in [0.2, 0.25) is 11.7 Å². The minimum atomic E-state index is 0.110. The van der Waals surface area contributed by atoms with Gasteiger partial charge in [-0.05, 0) is 16.9 Å². The highest BCUT2D eigenvalue weighted by atomic mass is 16.5. The zero-order valence-corrected chi connectivity index (χ0v) is 17.5. The van der Waals surface area contributed by atoms with E-state index in [1.54, 1.807) is 0 Å². The Morgan fingerprint density at radius 1 is 1.04 bits per heavy atom. The first kappa shape index (κ1) is 20.0. The Balaban J connectivity index is 1.71. The Morgan fingerprint density at radius 2 is 1.75 bits per heavy atom. The van der Waals surface area contributed by atoms with Crippen molar-refractivity contribution in [3.05, 3.63) is 53.3 Å². The molecule has 0 amide bonds. The van der Waals surface area contributed by atoms with Gasteiger partial charge in [-0.25, -0.2) is 4.98 Å². The second-order valence-electron chi connectivity index (χ2n) is 8.18. The van der Waals surface area contributed by atoms with E-state index < -0.39 is 0 Å². The quantitative estimate of drug-likeness (QED) is 0.593. The highest BCUT2D eigenvalue weighted by Crippen LogP contribution is 2.25. The summed E-state index contributed by atoms with van der Waals surface area (Å²) in [6.07, 6.45) is 0.756. The van der Waals surface area contributed by atoms with Crippen molar-refractivity contribution in [1.82, 2.24) is 20.1 Å². The van der Waals surface area contributed by atoms with E-state index in [2.05, 4.69) is 66.9 Å². The van der Waals surface area contributed by atoms with Crippen LogP contribution in [0.3, 0.4) is 0 Å². The molecule has 0 radical (unpaired) electrons. The first-order valence-electron chi connectivity index (χ1n) is 9.70. The molecule has 0 N–H and O–H groups in total. The van der Waals surface area contributed by atoms with Crippen molar-refractivity contribution >= 4 is 0 Å². The number of nitrogens with zero attached hydrogens (tertiary/aromatic N) is 4. The molecular formula is C22H28N4O2. The van der Waals surface area contributed by atoms with Crippen LogP contribution in [-0.2, 0) is 18.4 Å². The van der Waals surface area contributed by atoms with Crippen LogP contribution >= 0.6 is 0 Å². The molecular weight excluding hydrogens is 352 g/mol. The largest absolute Gasteiger partial charge is 0.467 e. The van der Waals surface area contributed by atoms with Crippen molar-refractivity contribution in [2.24, 2.45) is 0 Å². The van der Waals surface area contributed by atoms with Gasteiger partial charge in [-0.1, -0.05) is 71.0 Å². The SMILES string of the molecule is CCc1nc(OCc2nc(-c3ccc(C(C)(C)C)cc3)no2)cc(C(C)C)n1. The van der Waals surface area contributed by atoms with E-state index in [0.29, 0.717) is 23.5 Å². The molecule has 1 aromatic carbocycles. The normalized spacial score (nSPS) is 11.8. The van der Waals surface area contributed by atoms with Gasteiger partial charge < -0.3 is 9.26 Å². The molecule has 0 saturated carbocycles. The number of benzene rings is 1. The fraction of sp³-hybridized carbons (Fsp3) is 0.455. The second kappa shape index (κ2) is 8.09. The highest BCUT2D eigenvalue weighted by Gasteiger charge is 2.15. The smallest absolute Gasteiger partial charge is 0.264 e. The molecule has 2 heterocycles. The lowest BCUT2D eigenvalue weighted by atomic mass is 9.87. The van der Waals surface area contributed by atoms with E-state index in [9.17, 15) is 0 Å². The van der Waals surface area contributed by atoms with Gasteiger partial charge in [-0.15, -0.1) is 0 Å². The lowest BCUT2D eigenvalue weighted by Crippen LogP contribution is -2.10. The monoisotopic (exact) mass is 380 g/mol. The summed E-state index contributed by atoms with van der Waals surface area (Å²) in [5.74, 6) is 2.58. The van der Waals surface area contributed by atoms with Crippen LogP contribution in [0, 0.1) is 0 Å². The molecule has 0 aliphatic rings. The summed E-state index contributed by atoms with van der Waals surface area (Å²) in [5.41, 5.74) is 3.26.